The summed E-state index contributed by atoms with van der Waals surface area (Å²) in [6.07, 6.45) is 6.18. The summed E-state index contributed by atoms with van der Waals surface area (Å²) in [5.74, 6) is 0.502. The van der Waals surface area contributed by atoms with Crippen LogP contribution < -0.4 is 19.1 Å². The number of sulfonamides is 1. The minimum Gasteiger partial charge on any atom is -0.497 e. The molecule has 1 aliphatic rings. The van der Waals surface area contributed by atoms with E-state index in [1.54, 1.807) is 50.4 Å². The van der Waals surface area contributed by atoms with Crippen LogP contribution in [-0.4, -0.2) is 57.1 Å². The lowest BCUT2D eigenvalue weighted by Crippen LogP contribution is -2.52. The predicted octanol–water partition coefficient (Wildman–Crippen LogP) is 4.91. The Kier molecular flexibility index (Phi) is 11.1. The molecule has 230 valence electrons. The third kappa shape index (κ3) is 9.22. The number of nitrogens with one attached hydrogen (secondary N) is 1. The topological polar surface area (TPSA) is 105 Å². The van der Waals surface area contributed by atoms with Gasteiger partial charge in [0.2, 0.25) is 21.8 Å². The molecule has 1 aliphatic carbocycles. The fourth-order valence-electron chi connectivity index (χ4n) is 5.14. The van der Waals surface area contributed by atoms with Gasteiger partial charge in [0.25, 0.3) is 0 Å². The molecule has 1 N–H and O–H groups in total. The van der Waals surface area contributed by atoms with E-state index in [0.717, 1.165) is 53.8 Å². The highest BCUT2D eigenvalue weighted by molar-refractivity contribution is 7.92. The van der Waals surface area contributed by atoms with Gasteiger partial charge in [0.1, 0.15) is 30.7 Å². The number of amides is 2. The standard InChI is InChI=1S/C33H41N3O6S/c1-25(33(38)34-28-12-8-5-9-13-28)35(22-26-14-18-30(41-2)19-15-26)32(37)23-36(43(3,39)40)29-16-20-31(21-17-29)42-24-27-10-6-4-7-11-27/h4,6-7,10-11,14-21,25,28H,5,8-9,12-13,22-24H2,1-3H3,(H,34,38)/t25-/m0/s1. The third-order valence-corrected chi connectivity index (χ3v) is 8.82. The van der Waals surface area contributed by atoms with Crippen LogP contribution in [0.2, 0.25) is 0 Å². The Labute approximate surface area is 254 Å². The number of carbonyl (C=O) groups is 2. The molecule has 0 aromatic heterocycles. The molecule has 2 amide bonds. The Morgan fingerprint density at radius 2 is 1.51 bits per heavy atom. The number of methoxy groups -OCH3 is 1. The van der Waals surface area contributed by atoms with Crippen LogP contribution in [0, 0.1) is 0 Å². The number of rotatable bonds is 13. The van der Waals surface area contributed by atoms with Gasteiger partial charge >= 0.3 is 0 Å². The summed E-state index contributed by atoms with van der Waals surface area (Å²) < 4.78 is 38.0. The molecule has 3 aromatic rings. The van der Waals surface area contributed by atoms with Crippen LogP contribution in [0.15, 0.2) is 78.9 Å². The van der Waals surface area contributed by atoms with Crippen molar-refractivity contribution in [3.63, 3.8) is 0 Å². The maximum atomic E-state index is 13.9. The summed E-state index contributed by atoms with van der Waals surface area (Å²) in [6.45, 7) is 1.73. The summed E-state index contributed by atoms with van der Waals surface area (Å²) in [4.78, 5) is 28.6. The van der Waals surface area contributed by atoms with E-state index in [0.29, 0.717) is 23.8 Å². The van der Waals surface area contributed by atoms with Crippen LogP contribution >= 0.6 is 0 Å². The first-order valence-corrected chi connectivity index (χ1v) is 16.5. The number of anilines is 1. The van der Waals surface area contributed by atoms with Crippen molar-refractivity contribution >= 4 is 27.5 Å². The first-order chi connectivity index (χ1) is 20.6. The van der Waals surface area contributed by atoms with E-state index in [4.69, 9.17) is 9.47 Å². The number of benzene rings is 3. The SMILES string of the molecule is COc1ccc(CN(C(=O)CN(c2ccc(OCc3ccccc3)cc2)S(C)(=O)=O)[C@@H](C)C(=O)NC2CCCCC2)cc1. The summed E-state index contributed by atoms with van der Waals surface area (Å²) >= 11 is 0. The molecule has 1 saturated carbocycles. The summed E-state index contributed by atoms with van der Waals surface area (Å²) in [5.41, 5.74) is 2.12. The lowest BCUT2D eigenvalue weighted by atomic mass is 9.95. The highest BCUT2D eigenvalue weighted by atomic mass is 32.2. The van der Waals surface area contributed by atoms with Gasteiger partial charge in [0.05, 0.1) is 19.1 Å². The number of hydrogen-bond acceptors (Lipinski definition) is 6. The largest absolute Gasteiger partial charge is 0.497 e. The lowest BCUT2D eigenvalue weighted by molar-refractivity contribution is -0.139. The van der Waals surface area contributed by atoms with Gasteiger partial charge in [-0.05, 0) is 67.3 Å². The molecule has 9 nitrogen and oxygen atoms in total. The second kappa shape index (κ2) is 14.9. The van der Waals surface area contributed by atoms with E-state index < -0.39 is 28.5 Å². The molecule has 0 bridgehead atoms. The minimum atomic E-state index is -3.84. The molecule has 10 heteroatoms. The maximum absolute atomic E-state index is 13.9. The van der Waals surface area contributed by atoms with Gasteiger partial charge in [-0.2, -0.15) is 0 Å². The van der Waals surface area contributed by atoms with Gasteiger partial charge in [0, 0.05) is 12.6 Å². The zero-order chi connectivity index (χ0) is 30.8. The van der Waals surface area contributed by atoms with E-state index in [-0.39, 0.29) is 18.5 Å². The van der Waals surface area contributed by atoms with Gasteiger partial charge < -0.3 is 19.7 Å². The summed E-state index contributed by atoms with van der Waals surface area (Å²) in [7, 11) is -2.26. The fraction of sp³-hybridized carbons (Fsp3) is 0.394. The monoisotopic (exact) mass is 607 g/mol. The Hall–Kier alpha value is -4.05. The van der Waals surface area contributed by atoms with Crippen molar-refractivity contribution < 1.29 is 27.5 Å². The molecule has 0 radical (unpaired) electrons. The van der Waals surface area contributed by atoms with Crippen LogP contribution in [0.1, 0.15) is 50.2 Å². The predicted molar refractivity (Wildman–Crippen MR) is 167 cm³/mol. The van der Waals surface area contributed by atoms with Crippen molar-refractivity contribution in [1.29, 1.82) is 0 Å². The van der Waals surface area contributed by atoms with E-state index in [1.165, 1.54) is 4.90 Å². The van der Waals surface area contributed by atoms with Crippen molar-refractivity contribution in [3.8, 4) is 11.5 Å². The third-order valence-electron chi connectivity index (χ3n) is 7.68. The molecule has 1 fully saturated rings. The number of ether oxygens (including phenoxy) is 2. The molecule has 0 spiro atoms. The lowest BCUT2D eigenvalue weighted by Gasteiger charge is -2.33. The molecule has 43 heavy (non-hydrogen) atoms. The summed E-state index contributed by atoms with van der Waals surface area (Å²) in [6, 6.07) is 22.8. The smallest absolute Gasteiger partial charge is 0.244 e. The summed E-state index contributed by atoms with van der Waals surface area (Å²) in [5, 5.41) is 3.10. The number of nitrogens with zero attached hydrogens (tertiary/aromatic N) is 2. The molecule has 3 aromatic carbocycles. The average molecular weight is 608 g/mol. The van der Waals surface area contributed by atoms with E-state index in [9.17, 15) is 18.0 Å². The van der Waals surface area contributed by atoms with Crippen molar-refractivity contribution in [2.75, 3.05) is 24.2 Å². The van der Waals surface area contributed by atoms with Gasteiger partial charge in [-0.15, -0.1) is 0 Å². The molecule has 0 heterocycles. The Morgan fingerprint density at radius 1 is 0.884 bits per heavy atom. The van der Waals surface area contributed by atoms with Crippen molar-refractivity contribution in [2.24, 2.45) is 0 Å². The zero-order valence-electron chi connectivity index (χ0n) is 25.1. The van der Waals surface area contributed by atoms with Crippen molar-refractivity contribution in [1.82, 2.24) is 10.2 Å². The normalized spacial score (nSPS) is 14.4. The van der Waals surface area contributed by atoms with Crippen molar-refractivity contribution in [3.05, 3.63) is 90.0 Å². The van der Waals surface area contributed by atoms with Crippen LogP contribution in [0.25, 0.3) is 0 Å². The average Bonchev–Trinajstić information content (AvgIpc) is 3.02. The quantitative estimate of drug-likeness (QED) is 0.296. The molecular formula is C33H41N3O6S. The van der Waals surface area contributed by atoms with Crippen molar-refractivity contribution in [2.45, 2.75) is 64.3 Å². The molecular weight excluding hydrogens is 566 g/mol. The second-order valence-corrected chi connectivity index (χ2v) is 12.8. The maximum Gasteiger partial charge on any atom is 0.244 e. The van der Waals surface area contributed by atoms with E-state index >= 15 is 0 Å². The fourth-order valence-corrected chi connectivity index (χ4v) is 5.99. The molecule has 0 saturated heterocycles. The molecule has 4 rings (SSSR count). The Balaban J connectivity index is 1.52. The van der Waals surface area contributed by atoms with Gasteiger partial charge in [0.15, 0.2) is 0 Å². The first kappa shape index (κ1) is 31.9. The van der Waals surface area contributed by atoms with Gasteiger partial charge in [-0.3, -0.25) is 13.9 Å². The van der Waals surface area contributed by atoms with Crippen LogP contribution in [0.4, 0.5) is 5.69 Å². The molecule has 1 atom stereocenters. The van der Waals surface area contributed by atoms with Crippen LogP contribution in [-0.2, 0) is 32.8 Å². The van der Waals surface area contributed by atoms with E-state index in [1.807, 2.05) is 42.5 Å². The molecule has 0 unspecified atom stereocenters. The zero-order valence-corrected chi connectivity index (χ0v) is 25.9. The molecule has 0 aliphatic heterocycles. The number of carbonyl (C=O) groups excluding carboxylic acids is 2. The van der Waals surface area contributed by atoms with Gasteiger partial charge in [-0.1, -0.05) is 61.7 Å². The second-order valence-electron chi connectivity index (χ2n) is 10.9. The van der Waals surface area contributed by atoms with Crippen LogP contribution in [0.5, 0.6) is 11.5 Å². The minimum absolute atomic E-state index is 0.0804. The highest BCUT2D eigenvalue weighted by Crippen LogP contribution is 2.24. The first-order valence-electron chi connectivity index (χ1n) is 14.6. The van der Waals surface area contributed by atoms with E-state index in [2.05, 4.69) is 5.32 Å². The highest BCUT2D eigenvalue weighted by Gasteiger charge is 2.31. The Morgan fingerprint density at radius 3 is 2.12 bits per heavy atom. The van der Waals surface area contributed by atoms with Gasteiger partial charge in [-0.25, -0.2) is 8.42 Å². The Bertz CT molecular complexity index is 1440. The van der Waals surface area contributed by atoms with Crippen LogP contribution in [0.3, 0.4) is 0 Å². The number of hydrogen-bond donors (Lipinski definition) is 1.